The molecule has 1 atom stereocenters. The molecule has 6 heteroatoms. The van der Waals surface area contributed by atoms with Crippen LogP contribution in [0.25, 0.3) is 0 Å². The first kappa shape index (κ1) is 15.6. The van der Waals surface area contributed by atoms with Crippen LogP contribution in [-0.4, -0.2) is 28.4 Å². The van der Waals surface area contributed by atoms with Gasteiger partial charge in [-0.2, -0.15) is 4.98 Å². The minimum absolute atomic E-state index is 0.201. The Bertz CT molecular complexity index is 705. The number of anilines is 1. The zero-order valence-corrected chi connectivity index (χ0v) is 13.9. The highest BCUT2D eigenvalue weighted by Crippen LogP contribution is 2.25. The quantitative estimate of drug-likeness (QED) is 0.849. The molecule has 1 aromatic heterocycles. The molecule has 0 saturated carbocycles. The third kappa shape index (κ3) is 3.74. The number of rotatable bonds is 4. The van der Waals surface area contributed by atoms with Crippen LogP contribution in [0.15, 0.2) is 53.5 Å². The van der Waals surface area contributed by atoms with Gasteiger partial charge in [0.1, 0.15) is 23.3 Å². The number of allylic oxidation sites excluding steroid dienone is 1. The molecule has 2 aliphatic heterocycles. The van der Waals surface area contributed by atoms with Gasteiger partial charge in [-0.15, -0.1) is 0 Å². The van der Waals surface area contributed by atoms with Crippen molar-refractivity contribution in [2.45, 2.75) is 26.3 Å². The van der Waals surface area contributed by atoms with Gasteiger partial charge in [0.05, 0.1) is 6.04 Å². The molecular formula is C17H19ClN4O. The van der Waals surface area contributed by atoms with E-state index in [0.717, 1.165) is 12.3 Å². The molecule has 0 aliphatic carbocycles. The van der Waals surface area contributed by atoms with E-state index in [-0.39, 0.29) is 6.04 Å². The van der Waals surface area contributed by atoms with Crippen molar-refractivity contribution in [2.75, 3.05) is 11.9 Å². The molecule has 0 fully saturated rings. The Labute approximate surface area is 141 Å². The van der Waals surface area contributed by atoms with E-state index in [2.05, 4.69) is 32.5 Å². The molecule has 1 N–H and O–H groups in total. The predicted octanol–water partition coefficient (Wildman–Crippen LogP) is 3.96. The van der Waals surface area contributed by atoms with Crippen LogP contribution in [0.1, 0.15) is 20.3 Å². The summed E-state index contributed by atoms with van der Waals surface area (Å²) in [7, 11) is 0. The van der Waals surface area contributed by atoms with Gasteiger partial charge in [-0.3, -0.25) is 0 Å². The first-order valence-corrected chi connectivity index (χ1v) is 7.89. The van der Waals surface area contributed by atoms with Crippen LogP contribution < -0.4 is 10.1 Å². The first-order valence-electron chi connectivity index (χ1n) is 7.51. The summed E-state index contributed by atoms with van der Waals surface area (Å²) in [6.45, 7) is 4.49. The number of ether oxygens (including phenoxy) is 1. The third-order valence-corrected chi connectivity index (χ3v) is 3.83. The average Bonchev–Trinajstić information content (AvgIpc) is 2.99. The summed E-state index contributed by atoms with van der Waals surface area (Å²) in [6.07, 6.45) is 10.8. The second-order valence-electron chi connectivity index (χ2n) is 5.60. The topological polar surface area (TPSA) is 49.8 Å². The van der Waals surface area contributed by atoms with Gasteiger partial charge in [0.25, 0.3) is 0 Å². The Morgan fingerprint density at radius 2 is 2.30 bits per heavy atom. The number of aliphatic imine (C=N–C) groups is 1. The van der Waals surface area contributed by atoms with E-state index in [9.17, 15) is 0 Å². The van der Waals surface area contributed by atoms with Crippen LogP contribution in [0.4, 0.5) is 5.82 Å². The fourth-order valence-electron chi connectivity index (χ4n) is 2.35. The Hall–Kier alpha value is -2.27. The van der Waals surface area contributed by atoms with E-state index in [0.29, 0.717) is 23.3 Å². The maximum Gasteiger partial charge on any atom is 0.234 e. The summed E-state index contributed by atoms with van der Waals surface area (Å²) in [5.41, 5.74) is 1.19. The zero-order valence-electron chi connectivity index (χ0n) is 13.2. The van der Waals surface area contributed by atoms with Crippen molar-refractivity contribution in [3.63, 3.8) is 0 Å². The van der Waals surface area contributed by atoms with Crippen molar-refractivity contribution < 1.29 is 4.74 Å². The molecule has 2 aliphatic rings. The normalized spacial score (nSPS) is 18.5. The van der Waals surface area contributed by atoms with Crippen LogP contribution in [0.2, 0.25) is 5.02 Å². The average molecular weight is 331 g/mol. The lowest BCUT2D eigenvalue weighted by atomic mass is 10.2. The van der Waals surface area contributed by atoms with Crippen LogP contribution >= 0.6 is 11.6 Å². The maximum absolute atomic E-state index is 6.15. The fraction of sp³-hybridized carbons (Fsp3) is 0.294. The lowest BCUT2D eigenvalue weighted by molar-refractivity contribution is 0.348. The predicted molar refractivity (Wildman–Crippen MR) is 93.8 cm³/mol. The Kier molecular flexibility index (Phi) is 4.67. The second kappa shape index (κ2) is 6.87. The van der Waals surface area contributed by atoms with Crippen molar-refractivity contribution in [3.8, 4) is 5.88 Å². The summed E-state index contributed by atoms with van der Waals surface area (Å²) < 4.78 is 5.63. The molecule has 3 rings (SSSR count). The molecule has 1 unspecified atom stereocenters. The summed E-state index contributed by atoms with van der Waals surface area (Å²) in [5.74, 6) is 1.95. The molecule has 0 aromatic carbocycles. The summed E-state index contributed by atoms with van der Waals surface area (Å²) in [5, 5.41) is 3.76. The maximum atomic E-state index is 6.15. The highest BCUT2D eigenvalue weighted by molar-refractivity contribution is 6.31. The lowest BCUT2D eigenvalue weighted by Crippen LogP contribution is -2.37. The highest BCUT2D eigenvalue weighted by Gasteiger charge is 2.25. The molecule has 1 aromatic rings. The van der Waals surface area contributed by atoms with Gasteiger partial charge in [-0.1, -0.05) is 23.3 Å². The molecule has 0 radical (unpaired) electrons. The Morgan fingerprint density at radius 3 is 3.13 bits per heavy atom. The summed E-state index contributed by atoms with van der Waals surface area (Å²) >= 11 is 6.15. The van der Waals surface area contributed by atoms with Crippen molar-refractivity contribution in [3.05, 3.63) is 53.5 Å². The van der Waals surface area contributed by atoms with Gasteiger partial charge in [-0.25, -0.2) is 4.99 Å². The zero-order chi connectivity index (χ0) is 16.2. The fourth-order valence-corrected chi connectivity index (χ4v) is 2.51. The molecule has 0 bridgehead atoms. The van der Waals surface area contributed by atoms with Gasteiger partial charge in [-0.05, 0) is 38.5 Å². The monoisotopic (exact) mass is 330 g/mol. The second-order valence-corrected chi connectivity index (χ2v) is 6.00. The number of amidine groups is 1. The largest absolute Gasteiger partial charge is 0.472 e. The van der Waals surface area contributed by atoms with Gasteiger partial charge in [0.2, 0.25) is 5.88 Å². The van der Waals surface area contributed by atoms with Gasteiger partial charge in [0.15, 0.2) is 0 Å². The number of aromatic nitrogens is 1. The van der Waals surface area contributed by atoms with E-state index in [1.807, 2.05) is 32.2 Å². The number of fused-ring (bicyclic) bond motifs is 1. The van der Waals surface area contributed by atoms with E-state index in [4.69, 9.17) is 16.3 Å². The Balaban J connectivity index is 1.72. The molecule has 0 spiro atoms. The van der Waals surface area contributed by atoms with E-state index < -0.39 is 0 Å². The molecule has 0 amide bonds. The van der Waals surface area contributed by atoms with Crippen molar-refractivity contribution >= 4 is 23.3 Å². The minimum Gasteiger partial charge on any atom is -0.472 e. The SMILES string of the molecule is CC(C)=CCOc1nc(NC2=NC=CN3C=CCC23)ccc1Cl. The van der Waals surface area contributed by atoms with Crippen LogP contribution in [0, 0.1) is 0 Å². The lowest BCUT2D eigenvalue weighted by Gasteiger charge is -2.26. The molecule has 3 heterocycles. The van der Waals surface area contributed by atoms with Crippen LogP contribution in [0.3, 0.4) is 0 Å². The molecule has 5 nitrogen and oxygen atoms in total. The van der Waals surface area contributed by atoms with E-state index >= 15 is 0 Å². The third-order valence-electron chi connectivity index (χ3n) is 3.55. The van der Waals surface area contributed by atoms with E-state index in [1.165, 1.54) is 5.57 Å². The van der Waals surface area contributed by atoms with Crippen molar-refractivity contribution in [1.82, 2.24) is 9.88 Å². The first-order chi connectivity index (χ1) is 11.1. The Morgan fingerprint density at radius 1 is 1.43 bits per heavy atom. The molecule has 0 saturated heterocycles. The molecule has 120 valence electrons. The number of nitrogens with one attached hydrogen (secondary N) is 1. The van der Waals surface area contributed by atoms with E-state index in [1.54, 1.807) is 12.3 Å². The van der Waals surface area contributed by atoms with Crippen molar-refractivity contribution in [2.24, 2.45) is 4.99 Å². The number of halogens is 1. The van der Waals surface area contributed by atoms with Gasteiger partial charge < -0.3 is 15.0 Å². The summed E-state index contributed by atoms with van der Waals surface area (Å²) in [4.78, 5) is 11.0. The van der Waals surface area contributed by atoms with Crippen molar-refractivity contribution in [1.29, 1.82) is 0 Å². The highest BCUT2D eigenvalue weighted by atomic mass is 35.5. The number of hydrogen-bond acceptors (Lipinski definition) is 5. The minimum atomic E-state index is 0.201. The summed E-state index contributed by atoms with van der Waals surface area (Å²) in [6, 6.07) is 3.80. The number of hydrogen-bond donors (Lipinski definition) is 1. The smallest absolute Gasteiger partial charge is 0.234 e. The van der Waals surface area contributed by atoms with Crippen LogP contribution in [-0.2, 0) is 0 Å². The standard InChI is InChI=1S/C17H19ClN4O/c1-12(2)7-11-23-17-13(18)5-6-15(21-17)20-16-14-4-3-9-22(14)10-8-19-16/h3,5-10,14H,4,11H2,1-2H3,(H,19,20,21). The number of pyridine rings is 1. The van der Waals surface area contributed by atoms with Gasteiger partial charge >= 0.3 is 0 Å². The molecular weight excluding hydrogens is 312 g/mol. The molecule has 23 heavy (non-hydrogen) atoms. The van der Waals surface area contributed by atoms with Crippen LogP contribution in [0.5, 0.6) is 5.88 Å². The number of nitrogens with zero attached hydrogens (tertiary/aromatic N) is 3. The van der Waals surface area contributed by atoms with Gasteiger partial charge in [0, 0.05) is 18.6 Å².